The van der Waals surface area contributed by atoms with Gasteiger partial charge in [-0.05, 0) is 33.4 Å². The molecule has 0 aliphatic carbocycles. The Hall–Kier alpha value is -1.09. The molecule has 0 aromatic carbocycles. The molecule has 0 radical (unpaired) electrons. The lowest BCUT2D eigenvalue weighted by Gasteiger charge is -2.34. The molecular weight excluding hydrogens is 226 g/mol. The maximum Gasteiger partial charge on any atom is 0.330 e. The van der Waals surface area contributed by atoms with E-state index in [0.29, 0.717) is 6.04 Å². The molecule has 2 atom stereocenters. The van der Waals surface area contributed by atoms with E-state index in [-0.39, 0.29) is 12.1 Å². The number of esters is 1. The molecule has 0 bridgehead atoms. The zero-order chi connectivity index (χ0) is 13.5. The predicted molar refractivity (Wildman–Crippen MR) is 74.4 cm³/mol. The maximum absolute atomic E-state index is 11.3. The largest absolute Gasteiger partial charge is 0.459 e. The van der Waals surface area contributed by atoms with Gasteiger partial charge in [-0.2, -0.15) is 0 Å². The summed E-state index contributed by atoms with van der Waals surface area (Å²) in [6, 6.07) is 0.515. The molecule has 18 heavy (non-hydrogen) atoms. The third-order valence-corrected chi connectivity index (χ3v) is 3.48. The molecule has 1 aliphatic rings. The first kappa shape index (κ1) is 15.0. The van der Waals surface area contributed by atoms with Crippen LogP contribution in [0.1, 0.15) is 39.0 Å². The minimum atomic E-state index is -0.334. The lowest BCUT2D eigenvalue weighted by molar-refractivity contribution is -0.144. The van der Waals surface area contributed by atoms with E-state index in [1.807, 2.05) is 6.92 Å². The minimum absolute atomic E-state index is 0.0708. The zero-order valence-corrected chi connectivity index (χ0v) is 11.7. The first-order chi connectivity index (χ1) is 8.52. The Morgan fingerprint density at radius 2 is 2.28 bits per heavy atom. The summed E-state index contributed by atoms with van der Waals surface area (Å²) >= 11 is 0. The van der Waals surface area contributed by atoms with Crippen molar-refractivity contribution in [2.45, 2.75) is 51.2 Å². The molecular formula is C15H25NO2. The van der Waals surface area contributed by atoms with Gasteiger partial charge in [-0.15, -0.1) is 6.58 Å². The number of carbonyl (C=O) groups excluding carboxylic acids is 1. The van der Waals surface area contributed by atoms with Crippen molar-refractivity contribution in [1.82, 2.24) is 4.90 Å². The van der Waals surface area contributed by atoms with Crippen molar-refractivity contribution in [2.24, 2.45) is 0 Å². The molecule has 102 valence electrons. The summed E-state index contributed by atoms with van der Waals surface area (Å²) in [6.07, 6.45) is 6.52. The summed E-state index contributed by atoms with van der Waals surface area (Å²) in [7, 11) is 2.15. The highest BCUT2D eigenvalue weighted by atomic mass is 16.5. The van der Waals surface area contributed by atoms with Gasteiger partial charge in [0, 0.05) is 25.0 Å². The molecule has 0 aromatic heterocycles. The van der Waals surface area contributed by atoms with E-state index in [1.165, 1.54) is 25.3 Å². The fraction of sp³-hybridized carbons (Fsp3) is 0.667. The highest BCUT2D eigenvalue weighted by Crippen LogP contribution is 2.22. The quantitative estimate of drug-likeness (QED) is 0.413. The van der Waals surface area contributed by atoms with Gasteiger partial charge < -0.3 is 9.64 Å². The van der Waals surface area contributed by atoms with Crippen LogP contribution in [0, 0.1) is 0 Å². The number of piperidine rings is 1. The minimum Gasteiger partial charge on any atom is -0.459 e. The van der Waals surface area contributed by atoms with Crippen LogP contribution in [0.4, 0.5) is 0 Å². The molecule has 0 unspecified atom stereocenters. The van der Waals surface area contributed by atoms with Crippen LogP contribution in [0.5, 0.6) is 0 Å². The Morgan fingerprint density at radius 3 is 2.83 bits per heavy atom. The second-order valence-electron chi connectivity index (χ2n) is 5.29. The van der Waals surface area contributed by atoms with E-state index in [0.717, 1.165) is 25.0 Å². The molecule has 1 aliphatic heterocycles. The van der Waals surface area contributed by atoms with Crippen molar-refractivity contribution in [2.75, 3.05) is 13.6 Å². The average Bonchev–Trinajstić information content (AvgIpc) is 2.31. The third kappa shape index (κ3) is 5.05. The van der Waals surface area contributed by atoms with Gasteiger partial charge in [0.2, 0.25) is 0 Å². The van der Waals surface area contributed by atoms with Gasteiger partial charge in [0.15, 0.2) is 0 Å². The molecule has 1 fully saturated rings. The van der Waals surface area contributed by atoms with Gasteiger partial charge in [-0.3, -0.25) is 0 Å². The van der Waals surface area contributed by atoms with Crippen molar-refractivity contribution in [3.05, 3.63) is 24.8 Å². The lowest BCUT2D eigenvalue weighted by Crippen LogP contribution is -2.39. The number of likely N-dealkylation sites (tertiary alicyclic amines) is 1. The summed E-state index contributed by atoms with van der Waals surface area (Å²) in [5, 5.41) is 0. The van der Waals surface area contributed by atoms with Gasteiger partial charge in [-0.25, -0.2) is 4.79 Å². The molecule has 1 rings (SSSR count). The Kier molecular flexibility index (Phi) is 6.13. The smallest absolute Gasteiger partial charge is 0.330 e. The van der Waals surface area contributed by atoms with E-state index >= 15 is 0 Å². The van der Waals surface area contributed by atoms with E-state index in [2.05, 4.69) is 25.1 Å². The maximum atomic E-state index is 11.3. The van der Waals surface area contributed by atoms with Crippen LogP contribution in [0.15, 0.2) is 24.8 Å². The molecule has 1 saturated heterocycles. The Morgan fingerprint density at radius 1 is 1.56 bits per heavy atom. The van der Waals surface area contributed by atoms with Crippen LogP contribution in [-0.2, 0) is 9.53 Å². The van der Waals surface area contributed by atoms with Crippen LogP contribution < -0.4 is 0 Å². The monoisotopic (exact) mass is 251 g/mol. The lowest BCUT2D eigenvalue weighted by atomic mass is 9.95. The predicted octanol–water partition coefficient (Wildman–Crippen LogP) is 2.92. The van der Waals surface area contributed by atoms with Crippen molar-refractivity contribution in [3.8, 4) is 0 Å². The molecule has 0 amide bonds. The Labute approximate surface area is 110 Å². The Balaban J connectivity index is 2.55. The highest BCUT2D eigenvalue weighted by molar-refractivity contribution is 5.81. The molecule has 0 N–H and O–H groups in total. The summed E-state index contributed by atoms with van der Waals surface area (Å²) in [5.41, 5.74) is 1.05. The summed E-state index contributed by atoms with van der Waals surface area (Å²) in [4.78, 5) is 13.7. The van der Waals surface area contributed by atoms with Crippen molar-refractivity contribution in [3.63, 3.8) is 0 Å². The van der Waals surface area contributed by atoms with Crippen LogP contribution in [0.3, 0.4) is 0 Å². The normalized spacial score (nSPS) is 22.2. The van der Waals surface area contributed by atoms with Crippen LogP contribution in [0.2, 0.25) is 0 Å². The second-order valence-corrected chi connectivity index (χ2v) is 5.29. The summed E-state index contributed by atoms with van der Waals surface area (Å²) in [5.74, 6) is -0.334. The average molecular weight is 251 g/mol. The van der Waals surface area contributed by atoms with Gasteiger partial charge in [0.05, 0.1) is 0 Å². The van der Waals surface area contributed by atoms with Gasteiger partial charge in [0.1, 0.15) is 6.10 Å². The van der Waals surface area contributed by atoms with E-state index < -0.39 is 0 Å². The molecule has 0 aromatic rings. The molecule has 0 spiro atoms. The molecule has 3 nitrogen and oxygen atoms in total. The first-order valence-electron chi connectivity index (χ1n) is 6.70. The topological polar surface area (TPSA) is 29.5 Å². The van der Waals surface area contributed by atoms with Crippen molar-refractivity contribution < 1.29 is 9.53 Å². The number of carbonyl (C=O) groups is 1. The van der Waals surface area contributed by atoms with E-state index in [4.69, 9.17) is 4.74 Å². The van der Waals surface area contributed by atoms with E-state index in [1.54, 1.807) is 0 Å². The number of nitrogens with zero attached hydrogens (tertiary/aromatic N) is 1. The molecule has 0 saturated carbocycles. The van der Waals surface area contributed by atoms with Crippen molar-refractivity contribution >= 4 is 5.97 Å². The number of hydrogen-bond acceptors (Lipinski definition) is 3. The van der Waals surface area contributed by atoms with Gasteiger partial charge in [0.25, 0.3) is 0 Å². The molecule has 1 heterocycles. The van der Waals surface area contributed by atoms with Gasteiger partial charge in [-0.1, -0.05) is 18.6 Å². The SMILES string of the molecule is C=CC(=O)O[C@H](CC(=C)C)C[C@@H]1CCCCN1C. The second kappa shape index (κ2) is 7.37. The fourth-order valence-electron chi connectivity index (χ4n) is 2.52. The van der Waals surface area contributed by atoms with Crippen LogP contribution in [0.25, 0.3) is 0 Å². The van der Waals surface area contributed by atoms with Crippen LogP contribution >= 0.6 is 0 Å². The number of hydrogen-bond donors (Lipinski definition) is 0. The summed E-state index contributed by atoms with van der Waals surface area (Å²) < 4.78 is 5.42. The summed E-state index contributed by atoms with van der Waals surface area (Å²) in [6.45, 7) is 10.5. The zero-order valence-electron chi connectivity index (χ0n) is 11.7. The number of rotatable bonds is 6. The first-order valence-corrected chi connectivity index (χ1v) is 6.70. The van der Waals surface area contributed by atoms with Crippen LogP contribution in [-0.4, -0.2) is 36.6 Å². The number of ether oxygens (including phenoxy) is 1. The van der Waals surface area contributed by atoms with Gasteiger partial charge >= 0.3 is 5.97 Å². The standard InChI is InChI=1S/C15H25NO2/c1-5-15(17)18-14(10-12(2)3)11-13-8-6-7-9-16(13)4/h5,13-14H,1-2,6-11H2,3-4H3/t13-,14+/m0/s1. The molecule has 3 heteroatoms. The highest BCUT2D eigenvalue weighted by Gasteiger charge is 2.24. The third-order valence-electron chi connectivity index (χ3n) is 3.48. The van der Waals surface area contributed by atoms with E-state index in [9.17, 15) is 4.79 Å². The van der Waals surface area contributed by atoms with Crippen molar-refractivity contribution in [1.29, 1.82) is 0 Å². The fourth-order valence-corrected chi connectivity index (χ4v) is 2.52. The Bertz CT molecular complexity index is 312.